The summed E-state index contributed by atoms with van der Waals surface area (Å²) >= 11 is 2.98. The van der Waals surface area contributed by atoms with Crippen molar-refractivity contribution < 1.29 is 23.2 Å². The summed E-state index contributed by atoms with van der Waals surface area (Å²) in [6.07, 6.45) is 0.328. The summed E-state index contributed by atoms with van der Waals surface area (Å²) in [5.41, 5.74) is -0.464. The minimum absolute atomic E-state index is 0.119. The van der Waals surface area contributed by atoms with Gasteiger partial charge in [-0.05, 0) is 18.2 Å². The van der Waals surface area contributed by atoms with E-state index in [0.717, 1.165) is 24.3 Å². The third kappa shape index (κ3) is 3.22. The molecule has 0 aliphatic rings. The van der Waals surface area contributed by atoms with Crippen LogP contribution in [0.4, 0.5) is 14.5 Å². The number of carbonyl (C=O) groups is 1. The molecule has 0 bridgehead atoms. The van der Waals surface area contributed by atoms with Crippen LogP contribution in [0.5, 0.6) is 11.5 Å². The molecule has 2 aromatic rings. The Hall–Kier alpha value is -2.35. The van der Waals surface area contributed by atoms with Crippen molar-refractivity contribution in [2.45, 2.75) is 0 Å². The Morgan fingerprint density at radius 2 is 1.90 bits per heavy atom. The van der Waals surface area contributed by atoms with Crippen molar-refractivity contribution in [2.75, 3.05) is 0 Å². The SMILES string of the molecule is O=Cc1cc([N+](=O)[O-])ccc1Oc1cc(Br)cc(F)c1F. The summed E-state index contributed by atoms with van der Waals surface area (Å²) in [7, 11) is 0. The minimum Gasteiger partial charge on any atom is -0.453 e. The average molecular weight is 358 g/mol. The van der Waals surface area contributed by atoms with Crippen LogP contribution >= 0.6 is 15.9 Å². The molecule has 0 saturated heterocycles. The number of carbonyl (C=O) groups excluding carboxylic acids is 1. The predicted octanol–water partition coefficient (Wildman–Crippen LogP) is 4.24. The van der Waals surface area contributed by atoms with E-state index in [9.17, 15) is 23.7 Å². The number of ether oxygens (including phenoxy) is 1. The maximum Gasteiger partial charge on any atom is 0.270 e. The molecule has 0 N–H and O–H groups in total. The van der Waals surface area contributed by atoms with E-state index in [1.165, 1.54) is 6.07 Å². The maximum absolute atomic E-state index is 13.6. The lowest BCUT2D eigenvalue weighted by Gasteiger charge is -2.09. The molecular weight excluding hydrogens is 352 g/mol. The third-order valence-electron chi connectivity index (χ3n) is 2.51. The van der Waals surface area contributed by atoms with E-state index in [1.807, 2.05) is 0 Å². The number of benzene rings is 2. The number of aldehydes is 1. The highest BCUT2D eigenvalue weighted by atomic mass is 79.9. The molecule has 0 aliphatic carbocycles. The Bertz CT molecular complexity index is 736. The monoisotopic (exact) mass is 357 g/mol. The first-order chi connectivity index (χ1) is 9.92. The summed E-state index contributed by atoms with van der Waals surface area (Å²) in [5.74, 6) is -2.92. The van der Waals surface area contributed by atoms with E-state index in [-0.39, 0.29) is 21.5 Å². The lowest BCUT2D eigenvalue weighted by molar-refractivity contribution is -0.384. The number of nitrogens with zero attached hydrogens (tertiary/aromatic N) is 1. The van der Waals surface area contributed by atoms with Crippen LogP contribution in [0.3, 0.4) is 0 Å². The van der Waals surface area contributed by atoms with Gasteiger partial charge >= 0.3 is 0 Å². The van der Waals surface area contributed by atoms with Gasteiger partial charge in [0.2, 0.25) is 5.82 Å². The Labute approximate surface area is 125 Å². The molecule has 0 saturated carbocycles. The Kier molecular flexibility index (Phi) is 4.27. The highest BCUT2D eigenvalue weighted by Crippen LogP contribution is 2.32. The number of hydrogen-bond acceptors (Lipinski definition) is 4. The van der Waals surface area contributed by atoms with Crippen molar-refractivity contribution >= 4 is 27.9 Å². The van der Waals surface area contributed by atoms with Gasteiger partial charge in [-0.1, -0.05) is 15.9 Å². The molecule has 108 valence electrons. The summed E-state index contributed by atoms with van der Waals surface area (Å²) in [4.78, 5) is 20.9. The lowest BCUT2D eigenvalue weighted by atomic mass is 10.2. The highest BCUT2D eigenvalue weighted by Gasteiger charge is 2.16. The molecule has 5 nitrogen and oxygen atoms in total. The van der Waals surface area contributed by atoms with Crippen LogP contribution in [-0.2, 0) is 0 Å². The number of nitro benzene ring substituents is 1. The van der Waals surface area contributed by atoms with Gasteiger partial charge in [-0.2, -0.15) is 4.39 Å². The number of nitro groups is 1. The van der Waals surface area contributed by atoms with E-state index in [2.05, 4.69) is 15.9 Å². The smallest absolute Gasteiger partial charge is 0.270 e. The van der Waals surface area contributed by atoms with Crippen LogP contribution < -0.4 is 4.74 Å². The molecule has 0 fully saturated rings. The standard InChI is InChI=1S/C13H6BrF2NO4/c14-8-4-10(15)13(16)12(5-8)21-11-2-1-9(17(19)20)3-7(11)6-18/h1-6H. The van der Waals surface area contributed by atoms with Crippen molar-refractivity contribution in [1.82, 2.24) is 0 Å². The van der Waals surface area contributed by atoms with Crippen LogP contribution in [0.25, 0.3) is 0 Å². The molecule has 0 heterocycles. The molecular formula is C13H6BrF2NO4. The first-order valence-corrected chi connectivity index (χ1v) is 6.27. The number of non-ortho nitro benzene ring substituents is 1. The molecule has 8 heteroatoms. The van der Waals surface area contributed by atoms with Gasteiger partial charge in [0, 0.05) is 16.6 Å². The highest BCUT2D eigenvalue weighted by molar-refractivity contribution is 9.10. The van der Waals surface area contributed by atoms with Crippen molar-refractivity contribution in [2.24, 2.45) is 0 Å². The third-order valence-corrected chi connectivity index (χ3v) is 2.97. The molecule has 2 aromatic carbocycles. The predicted molar refractivity (Wildman–Crippen MR) is 72.6 cm³/mol. The second kappa shape index (κ2) is 5.96. The van der Waals surface area contributed by atoms with E-state index in [4.69, 9.17) is 4.74 Å². The van der Waals surface area contributed by atoms with Crippen molar-refractivity contribution in [1.29, 1.82) is 0 Å². The van der Waals surface area contributed by atoms with Gasteiger partial charge in [0.25, 0.3) is 5.69 Å². The van der Waals surface area contributed by atoms with Crippen molar-refractivity contribution in [3.8, 4) is 11.5 Å². The van der Waals surface area contributed by atoms with Gasteiger partial charge in [0.15, 0.2) is 17.9 Å². The fourth-order valence-electron chi connectivity index (χ4n) is 1.56. The van der Waals surface area contributed by atoms with Crippen LogP contribution in [-0.4, -0.2) is 11.2 Å². The fourth-order valence-corrected chi connectivity index (χ4v) is 1.97. The van der Waals surface area contributed by atoms with E-state index >= 15 is 0 Å². The van der Waals surface area contributed by atoms with Crippen LogP contribution in [0.15, 0.2) is 34.8 Å². The molecule has 0 unspecified atom stereocenters. The Morgan fingerprint density at radius 1 is 1.19 bits per heavy atom. The summed E-state index contributed by atoms with van der Waals surface area (Å²) in [5, 5.41) is 10.6. The molecule has 0 amide bonds. The second-order valence-electron chi connectivity index (χ2n) is 3.90. The van der Waals surface area contributed by atoms with Gasteiger partial charge in [0.1, 0.15) is 5.75 Å². The van der Waals surface area contributed by atoms with Gasteiger partial charge in [-0.15, -0.1) is 0 Å². The number of rotatable bonds is 4. The van der Waals surface area contributed by atoms with Gasteiger partial charge in [-0.25, -0.2) is 4.39 Å². The topological polar surface area (TPSA) is 69.4 Å². The Balaban J connectivity index is 2.44. The van der Waals surface area contributed by atoms with Crippen LogP contribution in [0, 0.1) is 21.7 Å². The first-order valence-electron chi connectivity index (χ1n) is 5.48. The van der Waals surface area contributed by atoms with E-state index < -0.39 is 22.3 Å². The van der Waals surface area contributed by atoms with E-state index in [1.54, 1.807) is 0 Å². The maximum atomic E-state index is 13.6. The molecule has 0 spiro atoms. The summed E-state index contributed by atoms with van der Waals surface area (Å²) in [6.45, 7) is 0. The van der Waals surface area contributed by atoms with Crippen molar-refractivity contribution in [3.63, 3.8) is 0 Å². The van der Waals surface area contributed by atoms with Gasteiger partial charge in [0.05, 0.1) is 10.5 Å². The summed E-state index contributed by atoms with van der Waals surface area (Å²) in [6, 6.07) is 5.30. The molecule has 0 aromatic heterocycles. The van der Waals surface area contributed by atoms with Crippen LogP contribution in [0.2, 0.25) is 0 Å². The normalized spacial score (nSPS) is 10.2. The zero-order valence-corrected chi connectivity index (χ0v) is 11.8. The average Bonchev–Trinajstić information content (AvgIpc) is 2.44. The molecule has 0 aliphatic heterocycles. The number of hydrogen-bond donors (Lipinski definition) is 0. The lowest BCUT2D eigenvalue weighted by Crippen LogP contribution is -1.97. The zero-order valence-electron chi connectivity index (χ0n) is 10.2. The summed E-state index contributed by atoms with van der Waals surface area (Å²) < 4.78 is 32.2. The zero-order chi connectivity index (χ0) is 15.6. The molecule has 0 radical (unpaired) electrons. The molecule has 2 rings (SSSR count). The minimum atomic E-state index is -1.23. The van der Waals surface area contributed by atoms with Crippen molar-refractivity contribution in [3.05, 3.63) is 62.1 Å². The second-order valence-corrected chi connectivity index (χ2v) is 4.81. The molecule has 21 heavy (non-hydrogen) atoms. The number of halogens is 3. The van der Waals surface area contributed by atoms with Crippen LogP contribution in [0.1, 0.15) is 10.4 Å². The van der Waals surface area contributed by atoms with Gasteiger partial charge in [-0.3, -0.25) is 14.9 Å². The Morgan fingerprint density at radius 3 is 2.52 bits per heavy atom. The van der Waals surface area contributed by atoms with Gasteiger partial charge < -0.3 is 4.74 Å². The molecule has 0 atom stereocenters. The largest absolute Gasteiger partial charge is 0.453 e. The fraction of sp³-hybridized carbons (Fsp3) is 0. The quantitative estimate of drug-likeness (QED) is 0.355. The van der Waals surface area contributed by atoms with E-state index in [0.29, 0.717) is 6.29 Å². The first kappa shape index (κ1) is 15.0.